The number of sulfonamides is 1. The van der Waals surface area contributed by atoms with Crippen molar-refractivity contribution in [2.75, 3.05) is 13.1 Å². The van der Waals surface area contributed by atoms with E-state index >= 15 is 0 Å². The van der Waals surface area contributed by atoms with Crippen molar-refractivity contribution in [3.8, 4) is 0 Å². The van der Waals surface area contributed by atoms with Crippen LogP contribution in [-0.4, -0.2) is 30.8 Å². The van der Waals surface area contributed by atoms with Gasteiger partial charge in [-0.05, 0) is 12.1 Å². The highest BCUT2D eigenvalue weighted by molar-refractivity contribution is 7.89. The third-order valence-corrected chi connectivity index (χ3v) is 5.31. The van der Waals surface area contributed by atoms with Gasteiger partial charge in [0.25, 0.3) is 0 Å². The summed E-state index contributed by atoms with van der Waals surface area (Å²) in [7, 11) is -3.56. The van der Waals surface area contributed by atoms with E-state index in [9.17, 15) is 8.42 Å². The molecule has 0 bridgehead atoms. The van der Waals surface area contributed by atoms with E-state index in [1.165, 1.54) is 16.4 Å². The van der Waals surface area contributed by atoms with Crippen LogP contribution in [0.4, 0.5) is 0 Å². The van der Waals surface area contributed by atoms with Crippen LogP contribution in [0.15, 0.2) is 23.1 Å². The summed E-state index contributed by atoms with van der Waals surface area (Å²) in [5.74, 6) is 0. The van der Waals surface area contributed by atoms with E-state index in [0.29, 0.717) is 18.7 Å². The molecule has 18 heavy (non-hydrogen) atoms. The number of nitrogens with zero attached hydrogens (tertiary/aromatic N) is 1. The molecule has 100 valence electrons. The zero-order valence-corrected chi connectivity index (χ0v) is 12.6. The summed E-state index contributed by atoms with van der Waals surface area (Å²) >= 11 is 10.8. The molecule has 1 rings (SSSR count). The lowest BCUT2D eigenvalue weighted by molar-refractivity contribution is 0.445. The normalized spacial score (nSPS) is 11.8. The molecule has 0 atom stereocenters. The monoisotopic (exact) mass is 306 g/mol. The lowest BCUT2D eigenvalue weighted by Gasteiger charge is -2.19. The van der Waals surface area contributed by atoms with Gasteiger partial charge in [0, 0.05) is 18.7 Å². The molecule has 0 aliphatic carbocycles. The number of hydrogen-bond acceptors (Lipinski definition) is 3. The second-order valence-electron chi connectivity index (χ2n) is 3.60. The Labute approximate surface area is 118 Å². The van der Waals surface area contributed by atoms with Crippen LogP contribution in [0.25, 0.3) is 0 Å². The van der Waals surface area contributed by atoms with Gasteiger partial charge in [-0.3, -0.25) is 0 Å². The Morgan fingerprint density at radius 2 is 1.94 bits per heavy atom. The molecule has 0 amide bonds. The third kappa shape index (κ3) is 3.00. The van der Waals surface area contributed by atoms with Crippen LogP contribution in [0, 0.1) is 0 Å². The van der Waals surface area contributed by atoms with Gasteiger partial charge in [-0.2, -0.15) is 4.31 Å². The van der Waals surface area contributed by atoms with Crippen LogP contribution in [0.2, 0.25) is 5.02 Å². The standard InChI is InChI=1S/C11H15ClN2O2S2/c1-3-14(4-2)18(15,16)10-6-5-8(11(13)17)7-9(10)12/h5-7H,3-4H2,1-2H3,(H2,13,17). The van der Waals surface area contributed by atoms with Gasteiger partial charge in [-0.1, -0.05) is 43.7 Å². The summed E-state index contributed by atoms with van der Waals surface area (Å²) < 4.78 is 25.9. The summed E-state index contributed by atoms with van der Waals surface area (Å²) in [6.45, 7) is 4.34. The van der Waals surface area contributed by atoms with Crippen LogP contribution in [-0.2, 0) is 10.0 Å². The van der Waals surface area contributed by atoms with E-state index in [-0.39, 0.29) is 14.9 Å². The molecule has 1 aromatic carbocycles. The molecule has 0 saturated carbocycles. The number of nitrogens with two attached hydrogens (primary N) is 1. The van der Waals surface area contributed by atoms with Crippen LogP contribution < -0.4 is 5.73 Å². The first-order chi connectivity index (χ1) is 8.34. The van der Waals surface area contributed by atoms with Gasteiger partial charge in [-0.25, -0.2) is 8.42 Å². The average Bonchev–Trinajstić information content (AvgIpc) is 2.29. The van der Waals surface area contributed by atoms with E-state index < -0.39 is 10.0 Å². The van der Waals surface area contributed by atoms with Gasteiger partial charge in [-0.15, -0.1) is 0 Å². The minimum Gasteiger partial charge on any atom is -0.389 e. The SMILES string of the molecule is CCN(CC)S(=O)(=O)c1ccc(C(N)=S)cc1Cl. The van der Waals surface area contributed by atoms with Crippen molar-refractivity contribution in [3.05, 3.63) is 28.8 Å². The van der Waals surface area contributed by atoms with Crippen molar-refractivity contribution in [2.45, 2.75) is 18.7 Å². The number of benzene rings is 1. The third-order valence-electron chi connectivity index (χ3n) is 2.54. The van der Waals surface area contributed by atoms with Gasteiger partial charge < -0.3 is 5.73 Å². The topological polar surface area (TPSA) is 63.4 Å². The molecule has 4 nitrogen and oxygen atoms in total. The maximum atomic E-state index is 12.3. The zero-order valence-electron chi connectivity index (χ0n) is 10.2. The Bertz CT molecular complexity index is 554. The Hall–Kier alpha value is -0.690. The van der Waals surface area contributed by atoms with Crippen LogP contribution >= 0.6 is 23.8 Å². The first kappa shape index (κ1) is 15.4. The molecule has 7 heteroatoms. The first-order valence-corrected chi connectivity index (χ1v) is 7.66. The van der Waals surface area contributed by atoms with Crippen molar-refractivity contribution in [1.82, 2.24) is 4.31 Å². The quantitative estimate of drug-likeness (QED) is 0.845. The summed E-state index contributed by atoms with van der Waals surface area (Å²) in [6.07, 6.45) is 0. The molecule has 0 unspecified atom stereocenters. The summed E-state index contributed by atoms with van der Waals surface area (Å²) in [5, 5.41) is 0.132. The lowest BCUT2D eigenvalue weighted by Crippen LogP contribution is -2.30. The van der Waals surface area contributed by atoms with Gasteiger partial charge >= 0.3 is 0 Å². The molecular weight excluding hydrogens is 292 g/mol. The van der Waals surface area contributed by atoms with E-state index in [1.807, 2.05) is 0 Å². The highest BCUT2D eigenvalue weighted by atomic mass is 35.5. The Balaban J connectivity index is 3.30. The summed E-state index contributed by atoms with van der Waals surface area (Å²) in [6, 6.07) is 4.47. The van der Waals surface area contributed by atoms with Gasteiger partial charge in [0.05, 0.1) is 5.02 Å². The van der Waals surface area contributed by atoms with Crippen LogP contribution in [0.1, 0.15) is 19.4 Å². The molecule has 1 aromatic rings. The Morgan fingerprint density at radius 3 is 2.33 bits per heavy atom. The van der Waals surface area contributed by atoms with Gasteiger partial charge in [0.15, 0.2) is 0 Å². The average molecular weight is 307 g/mol. The first-order valence-electron chi connectivity index (χ1n) is 5.44. The maximum absolute atomic E-state index is 12.3. The maximum Gasteiger partial charge on any atom is 0.244 e. The van der Waals surface area contributed by atoms with E-state index in [2.05, 4.69) is 0 Å². The van der Waals surface area contributed by atoms with Gasteiger partial charge in [0.1, 0.15) is 9.88 Å². The van der Waals surface area contributed by atoms with Gasteiger partial charge in [0.2, 0.25) is 10.0 Å². The van der Waals surface area contributed by atoms with Crippen molar-refractivity contribution in [3.63, 3.8) is 0 Å². The molecule has 0 aliphatic heterocycles. The number of hydrogen-bond donors (Lipinski definition) is 1. The molecule has 0 radical (unpaired) electrons. The molecule has 0 heterocycles. The van der Waals surface area contributed by atoms with E-state index in [0.717, 1.165) is 0 Å². The fraction of sp³-hybridized carbons (Fsp3) is 0.364. The van der Waals surface area contributed by atoms with Crippen LogP contribution in [0.5, 0.6) is 0 Å². The lowest BCUT2D eigenvalue weighted by atomic mass is 10.2. The van der Waals surface area contributed by atoms with Crippen LogP contribution in [0.3, 0.4) is 0 Å². The van der Waals surface area contributed by atoms with E-state index in [1.54, 1.807) is 19.9 Å². The second kappa shape index (κ2) is 5.97. The fourth-order valence-electron chi connectivity index (χ4n) is 1.57. The minimum atomic E-state index is -3.56. The van der Waals surface area contributed by atoms with E-state index in [4.69, 9.17) is 29.6 Å². The van der Waals surface area contributed by atoms with Crippen molar-refractivity contribution < 1.29 is 8.42 Å². The molecule has 2 N–H and O–H groups in total. The highest BCUT2D eigenvalue weighted by Crippen LogP contribution is 2.25. The smallest absolute Gasteiger partial charge is 0.244 e. The Kier molecular flexibility index (Phi) is 5.10. The van der Waals surface area contributed by atoms with Crippen molar-refractivity contribution in [2.24, 2.45) is 5.73 Å². The Morgan fingerprint density at radius 1 is 1.39 bits per heavy atom. The van der Waals surface area contributed by atoms with Crippen molar-refractivity contribution in [1.29, 1.82) is 0 Å². The number of halogens is 1. The second-order valence-corrected chi connectivity index (χ2v) is 6.35. The number of thiocarbonyl (C=S) groups is 1. The number of rotatable bonds is 5. The fourth-order valence-corrected chi connectivity index (χ4v) is 3.67. The zero-order chi connectivity index (χ0) is 13.9. The molecule has 0 saturated heterocycles. The molecule has 0 spiro atoms. The highest BCUT2D eigenvalue weighted by Gasteiger charge is 2.24. The minimum absolute atomic E-state index is 0.0767. The predicted molar refractivity (Wildman–Crippen MR) is 77.4 cm³/mol. The molecule has 0 aliphatic rings. The summed E-state index contributed by atoms with van der Waals surface area (Å²) in [4.78, 5) is 0.261. The summed E-state index contributed by atoms with van der Waals surface area (Å²) in [5.41, 5.74) is 6.02. The molecular formula is C11H15ClN2O2S2. The molecule has 0 aromatic heterocycles. The molecule has 0 fully saturated rings. The largest absolute Gasteiger partial charge is 0.389 e. The van der Waals surface area contributed by atoms with Crippen molar-refractivity contribution >= 4 is 38.8 Å². The predicted octanol–water partition coefficient (Wildman–Crippen LogP) is 2.00.